The Bertz CT molecular complexity index is 302. The molecule has 2 N–H and O–H groups in total. The van der Waals surface area contributed by atoms with Crippen molar-refractivity contribution in [3.8, 4) is 0 Å². The van der Waals surface area contributed by atoms with E-state index in [-0.39, 0.29) is 6.10 Å². The molecule has 1 aromatic carbocycles. The van der Waals surface area contributed by atoms with Gasteiger partial charge in [0.1, 0.15) is 0 Å². The number of hydrogen-bond donors (Lipinski definition) is 1. The molecule has 3 nitrogen and oxygen atoms in total. The van der Waals surface area contributed by atoms with Crippen molar-refractivity contribution in [3.05, 3.63) is 35.4 Å². The van der Waals surface area contributed by atoms with Gasteiger partial charge >= 0.3 is 0 Å². The summed E-state index contributed by atoms with van der Waals surface area (Å²) in [6.07, 6.45) is -0.0274. The molecule has 90 valence electrons. The van der Waals surface area contributed by atoms with Crippen molar-refractivity contribution in [2.75, 3.05) is 26.4 Å². The van der Waals surface area contributed by atoms with E-state index in [4.69, 9.17) is 15.2 Å². The molecule has 0 aliphatic heterocycles. The minimum absolute atomic E-state index is 0.0274. The van der Waals surface area contributed by atoms with E-state index in [0.717, 1.165) is 12.2 Å². The van der Waals surface area contributed by atoms with Gasteiger partial charge in [-0.15, -0.1) is 0 Å². The van der Waals surface area contributed by atoms with Gasteiger partial charge in [-0.1, -0.05) is 29.8 Å². The van der Waals surface area contributed by atoms with Gasteiger partial charge in [-0.2, -0.15) is 0 Å². The van der Waals surface area contributed by atoms with Crippen LogP contribution >= 0.6 is 0 Å². The largest absolute Gasteiger partial charge is 0.379 e. The molecule has 0 amide bonds. The molecule has 0 saturated heterocycles. The van der Waals surface area contributed by atoms with Crippen LogP contribution in [0.4, 0.5) is 0 Å². The summed E-state index contributed by atoms with van der Waals surface area (Å²) >= 11 is 0. The van der Waals surface area contributed by atoms with Crippen molar-refractivity contribution in [3.63, 3.8) is 0 Å². The Hall–Kier alpha value is -0.900. The molecule has 0 bridgehead atoms. The molecule has 0 fully saturated rings. The first-order chi connectivity index (χ1) is 7.77. The van der Waals surface area contributed by atoms with Crippen LogP contribution < -0.4 is 5.73 Å². The Kier molecular flexibility index (Phi) is 6.08. The molecule has 0 heterocycles. The van der Waals surface area contributed by atoms with Crippen LogP contribution in [0.2, 0.25) is 0 Å². The van der Waals surface area contributed by atoms with Gasteiger partial charge in [0.15, 0.2) is 0 Å². The lowest BCUT2D eigenvalue weighted by molar-refractivity contribution is 0.0104. The number of benzene rings is 1. The molecule has 0 aliphatic carbocycles. The summed E-state index contributed by atoms with van der Waals surface area (Å²) < 4.78 is 10.9. The lowest BCUT2D eigenvalue weighted by Crippen LogP contribution is -2.18. The van der Waals surface area contributed by atoms with Crippen LogP contribution in [-0.2, 0) is 9.47 Å². The fourth-order valence-electron chi connectivity index (χ4n) is 1.56. The van der Waals surface area contributed by atoms with E-state index >= 15 is 0 Å². The topological polar surface area (TPSA) is 44.5 Å². The molecule has 0 aromatic heterocycles. The van der Waals surface area contributed by atoms with Crippen LogP contribution in [0, 0.1) is 6.92 Å². The van der Waals surface area contributed by atoms with Crippen molar-refractivity contribution < 1.29 is 9.47 Å². The Morgan fingerprint density at radius 1 is 1.31 bits per heavy atom. The van der Waals surface area contributed by atoms with Gasteiger partial charge in [0, 0.05) is 13.2 Å². The van der Waals surface area contributed by atoms with E-state index < -0.39 is 0 Å². The van der Waals surface area contributed by atoms with Crippen molar-refractivity contribution >= 4 is 0 Å². The number of ether oxygens (including phenoxy) is 2. The first-order valence-corrected chi connectivity index (χ1v) is 5.74. The second-order valence-electron chi connectivity index (χ2n) is 3.71. The zero-order valence-corrected chi connectivity index (χ0v) is 10.1. The quantitative estimate of drug-likeness (QED) is 0.719. The first kappa shape index (κ1) is 13.2. The van der Waals surface area contributed by atoms with Gasteiger partial charge in [0.05, 0.1) is 19.3 Å². The summed E-state index contributed by atoms with van der Waals surface area (Å²) in [5, 5.41) is 0. The predicted molar refractivity (Wildman–Crippen MR) is 65.4 cm³/mol. The van der Waals surface area contributed by atoms with Gasteiger partial charge in [-0.25, -0.2) is 0 Å². The molecular weight excluding hydrogens is 202 g/mol. The minimum Gasteiger partial charge on any atom is -0.379 e. The van der Waals surface area contributed by atoms with Crippen LogP contribution in [0.1, 0.15) is 24.2 Å². The Morgan fingerprint density at radius 3 is 2.75 bits per heavy atom. The molecule has 1 aromatic rings. The monoisotopic (exact) mass is 223 g/mol. The van der Waals surface area contributed by atoms with E-state index in [1.165, 1.54) is 5.56 Å². The third-order valence-corrected chi connectivity index (χ3v) is 2.38. The number of rotatable bonds is 7. The number of nitrogens with two attached hydrogens (primary N) is 1. The summed E-state index contributed by atoms with van der Waals surface area (Å²) in [7, 11) is 0. The second kappa shape index (κ2) is 7.39. The molecule has 1 atom stereocenters. The van der Waals surface area contributed by atoms with E-state index in [1.54, 1.807) is 0 Å². The zero-order valence-electron chi connectivity index (χ0n) is 10.1. The Morgan fingerprint density at radius 2 is 2.12 bits per heavy atom. The van der Waals surface area contributed by atoms with Crippen LogP contribution in [-0.4, -0.2) is 26.4 Å². The minimum atomic E-state index is -0.0274. The molecule has 3 heteroatoms. The highest BCUT2D eigenvalue weighted by molar-refractivity contribution is 5.24. The van der Waals surface area contributed by atoms with Crippen LogP contribution in [0.15, 0.2) is 24.3 Å². The van der Waals surface area contributed by atoms with E-state index in [1.807, 2.05) is 19.1 Å². The maximum atomic E-state index is 5.70. The molecule has 0 radical (unpaired) electrons. The van der Waals surface area contributed by atoms with Crippen molar-refractivity contribution in [1.82, 2.24) is 0 Å². The standard InChI is InChI=1S/C13H21NO2/c1-3-15-7-8-16-13(10-14)12-6-4-5-11(2)9-12/h4-6,9,13H,3,7-8,10,14H2,1-2H3. The normalized spacial score (nSPS) is 12.7. The summed E-state index contributed by atoms with van der Waals surface area (Å²) in [6.45, 7) is 6.47. The van der Waals surface area contributed by atoms with Gasteiger partial charge in [0.2, 0.25) is 0 Å². The van der Waals surface area contributed by atoms with Crippen LogP contribution in [0.25, 0.3) is 0 Å². The maximum Gasteiger partial charge on any atom is 0.0948 e. The smallest absolute Gasteiger partial charge is 0.0948 e. The maximum absolute atomic E-state index is 5.70. The molecule has 0 saturated carbocycles. The van der Waals surface area contributed by atoms with E-state index in [9.17, 15) is 0 Å². The average molecular weight is 223 g/mol. The fourth-order valence-corrected chi connectivity index (χ4v) is 1.56. The number of aryl methyl sites for hydroxylation is 1. The molecule has 1 rings (SSSR count). The zero-order chi connectivity index (χ0) is 11.8. The van der Waals surface area contributed by atoms with Gasteiger partial charge in [-0.3, -0.25) is 0 Å². The third kappa shape index (κ3) is 4.31. The van der Waals surface area contributed by atoms with Crippen LogP contribution in [0.3, 0.4) is 0 Å². The molecular formula is C13H21NO2. The highest BCUT2D eigenvalue weighted by Gasteiger charge is 2.09. The Labute approximate surface area is 97.6 Å². The summed E-state index contributed by atoms with van der Waals surface area (Å²) in [4.78, 5) is 0. The SMILES string of the molecule is CCOCCOC(CN)c1cccc(C)c1. The molecule has 1 unspecified atom stereocenters. The fraction of sp³-hybridized carbons (Fsp3) is 0.538. The highest BCUT2D eigenvalue weighted by Crippen LogP contribution is 2.17. The lowest BCUT2D eigenvalue weighted by atomic mass is 10.1. The average Bonchev–Trinajstić information content (AvgIpc) is 2.29. The van der Waals surface area contributed by atoms with E-state index in [0.29, 0.717) is 19.8 Å². The van der Waals surface area contributed by atoms with Gasteiger partial charge in [0.25, 0.3) is 0 Å². The lowest BCUT2D eigenvalue weighted by Gasteiger charge is -2.16. The van der Waals surface area contributed by atoms with Crippen molar-refractivity contribution in [2.24, 2.45) is 5.73 Å². The van der Waals surface area contributed by atoms with Crippen LogP contribution in [0.5, 0.6) is 0 Å². The highest BCUT2D eigenvalue weighted by atomic mass is 16.5. The summed E-state index contributed by atoms with van der Waals surface area (Å²) in [5.41, 5.74) is 8.07. The second-order valence-corrected chi connectivity index (χ2v) is 3.71. The van der Waals surface area contributed by atoms with E-state index in [2.05, 4.69) is 19.1 Å². The molecule has 0 spiro atoms. The van der Waals surface area contributed by atoms with Gasteiger partial charge in [-0.05, 0) is 19.4 Å². The van der Waals surface area contributed by atoms with Crippen molar-refractivity contribution in [1.29, 1.82) is 0 Å². The number of hydrogen-bond acceptors (Lipinski definition) is 3. The summed E-state index contributed by atoms with van der Waals surface area (Å²) in [5.74, 6) is 0. The third-order valence-electron chi connectivity index (χ3n) is 2.38. The first-order valence-electron chi connectivity index (χ1n) is 5.74. The van der Waals surface area contributed by atoms with Crippen molar-refractivity contribution in [2.45, 2.75) is 20.0 Å². The predicted octanol–water partition coefficient (Wildman–Crippen LogP) is 2.05. The molecule has 0 aliphatic rings. The molecule has 16 heavy (non-hydrogen) atoms. The summed E-state index contributed by atoms with van der Waals surface area (Å²) in [6, 6.07) is 8.25. The van der Waals surface area contributed by atoms with Gasteiger partial charge < -0.3 is 15.2 Å². The Balaban J connectivity index is 2.47.